The van der Waals surface area contributed by atoms with Crippen LogP contribution in [0.25, 0.3) is 11.0 Å². The summed E-state index contributed by atoms with van der Waals surface area (Å²) in [5.41, 5.74) is 2.34. The topological polar surface area (TPSA) is 108 Å². The van der Waals surface area contributed by atoms with Crippen molar-refractivity contribution in [1.82, 2.24) is 29.7 Å². The van der Waals surface area contributed by atoms with Crippen LogP contribution in [0.15, 0.2) is 29.3 Å². The molecule has 1 aliphatic carbocycles. The summed E-state index contributed by atoms with van der Waals surface area (Å²) in [6.45, 7) is 11.0. The van der Waals surface area contributed by atoms with Gasteiger partial charge in [-0.1, -0.05) is 12.8 Å². The van der Waals surface area contributed by atoms with Gasteiger partial charge in [-0.05, 0) is 76.2 Å². The maximum Gasteiger partial charge on any atom is 0.263 e. The Labute approximate surface area is 235 Å². The number of ketones is 1. The van der Waals surface area contributed by atoms with E-state index >= 15 is 0 Å². The van der Waals surface area contributed by atoms with Gasteiger partial charge in [0, 0.05) is 50.3 Å². The molecule has 3 aromatic heterocycles. The Morgan fingerprint density at radius 1 is 1.02 bits per heavy atom. The zero-order valence-corrected chi connectivity index (χ0v) is 23.7. The second-order valence-electron chi connectivity index (χ2n) is 11.6. The SMILES string of the molecule is CC(=O)c1c(C)c2cnc(Nc3ccc(N4CCN(CC5CCNCC5)CC4)cn3)nc2n(C2CCCC2)c1=O. The number of aromatic nitrogens is 4. The second kappa shape index (κ2) is 11.6. The molecule has 2 saturated heterocycles. The fourth-order valence-corrected chi connectivity index (χ4v) is 6.69. The van der Waals surface area contributed by atoms with E-state index < -0.39 is 0 Å². The first-order chi connectivity index (χ1) is 19.5. The minimum Gasteiger partial charge on any atom is -0.368 e. The predicted molar refractivity (Wildman–Crippen MR) is 158 cm³/mol. The number of nitrogens with zero attached hydrogens (tertiary/aromatic N) is 6. The van der Waals surface area contributed by atoms with E-state index in [-0.39, 0.29) is 22.9 Å². The molecule has 0 atom stereocenters. The maximum absolute atomic E-state index is 13.4. The number of carbonyl (C=O) groups excluding carboxylic acids is 1. The van der Waals surface area contributed by atoms with Crippen LogP contribution in [0.2, 0.25) is 0 Å². The molecule has 2 aliphatic heterocycles. The van der Waals surface area contributed by atoms with Gasteiger partial charge in [0.2, 0.25) is 5.95 Å². The van der Waals surface area contributed by atoms with Crippen molar-refractivity contribution < 1.29 is 4.79 Å². The first-order valence-corrected chi connectivity index (χ1v) is 14.8. The lowest BCUT2D eigenvalue weighted by Crippen LogP contribution is -2.48. The molecule has 40 heavy (non-hydrogen) atoms. The standard InChI is InChI=1S/C30H40N8O2/c1-20-25-18-33-30(35-28(25)38(23-5-3-4-6-23)29(40)27(20)21(2)39)34-26-8-7-24(17-32-26)37-15-13-36(14-16-37)19-22-9-11-31-12-10-22/h7-8,17-18,22-23,31H,3-6,9-16,19H2,1-2H3,(H,32,33,34,35). The third-order valence-electron chi connectivity index (χ3n) is 8.95. The third-order valence-corrected chi connectivity index (χ3v) is 8.95. The number of hydrogen-bond donors (Lipinski definition) is 2. The number of aryl methyl sites for hydroxylation is 1. The van der Waals surface area contributed by atoms with Crippen LogP contribution in [0.4, 0.5) is 17.5 Å². The molecule has 3 aliphatic rings. The zero-order valence-electron chi connectivity index (χ0n) is 23.7. The Morgan fingerprint density at radius 3 is 2.45 bits per heavy atom. The van der Waals surface area contributed by atoms with Gasteiger partial charge in [-0.15, -0.1) is 0 Å². The number of pyridine rings is 2. The number of nitrogens with one attached hydrogen (secondary N) is 2. The summed E-state index contributed by atoms with van der Waals surface area (Å²) in [7, 11) is 0. The summed E-state index contributed by atoms with van der Waals surface area (Å²) >= 11 is 0. The van der Waals surface area contributed by atoms with E-state index in [9.17, 15) is 9.59 Å². The molecule has 6 rings (SSSR count). The Hall–Kier alpha value is -3.37. The molecule has 212 valence electrons. The number of piperidine rings is 1. The lowest BCUT2D eigenvalue weighted by molar-refractivity contribution is 0.101. The van der Waals surface area contributed by atoms with Crippen molar-refractivity contribution in [3.63, 3.8) is 0 Å². The number of anilines is 3. The highest BCUT2D eigenvalue weighted by molar-refractivity contribution is 5.99. The van der Waals surface area contributed by atoms with Crippen LogP contribution in [0.1, 0.15) is 67.4 Å². The van der Waals surface area contributed by atoms with E-state index in [0.29, 0.717) is 23.0 Å². The molecule has 3 fully saturated rings. The molecule has 10 heteroatoms. The summed E-state index contributed by atoms with van der Waals surface area (Å²) in [4.78, 5) is 44.8. The second-order valence-corrected chi connectivity index (χ2v) is 11.6. The molecule has 0 bridgehead atoms. The molecule has 0 amide bonds. The molecule has 0 unspecified atom stereocenters. The van der Waals surface area contributed by atoms with Crippen LogP contribution >= 0.6 is 0 Å². The number of fused-ring (bicyclic) bond motifs is 1. The van der Waals surface area contributed by atoms with Crippen LogP contribution in [0.5, 0.6) is 0 Å². The van der Waals surface area contributed by atoms with Crippen molar-refractivity contribution in [2.24, 2.45) is 5.92 Å². The quantitative estimate of drug-likeness (QED) is 0.431. The molecular formula is C30H40N8O2. The monoisotopic (exact) mass is 544 g/mol. The number of piperazine rings is 1. The number of rotatable bonds is 7. The Bertz CT molecular complexity index is 1420. The van der Waals surface area contributed by atoms with E-state index in [0.717, 1.165) is 81.9 Å². The minimum absolute atomic E-state index is 0.0500. The van der Waals surface area contributed by atoms with Crippen LogP contribution in [0, 0.1) is 12.8 Å². The van der Waals surface area contributed by atoms with Crippen molar-refractivity contribution in [1.29, 1.82) is 0 Å². The van der Waals surface area contributed by atoms with E-state index in [1.54, 1.807) is 10.8 Å². The number of hydrogen-bond acceptors (Lipinski definition) is 9. The Morgan fingerprint density at radius 2 is 1.77 bits per heavy atom. The van der Waals surface area contributed by atoms with Crippen LogP contribution in [0.3, 0.4) is 0 Å². The summed E-state index contributed by atoms with van der Waals surface area (Å²) in [6, 6.07) is 4.10. The first kappa shape index (κ1) is 26.8. The van der Waals surface area contributed by atoms with Gasteiger partial charge in [-0.25, -0.2) is 9.97 Å². The molecule has 0 aromatic carbocycles. The highest BCUT2D eigenvalue weighted by atomic mass is 16.1. The lowest BCUT2D eigenvalue weighted by Gasteiger charge is -2.38. The predicted octanol–water partition coefficient (Wildman–Crippen LogP) is 3.68. The fraction of sp³-hybridized carbons (Fsp3) is 0.567. The van der Waals surface area contributed by atoms with Crippen LogP contribution < -0.4 is 21.1 Å². The van der Waals surface area contributed by atoms with E-state index in [4.69, 9.17) is 4.98 Å². The molecule has 0 radical (unpaired) electrons. The number of carbonyl (C=O) groups is 1. The van der Waals surface area contributed by atoms with Crippen molar-refractivity contribution in [2.45, 2.75) is 58.4 Å². The van der Waals surface area contributed by atoms with E-state index in [1.165, 1.54) is 26.3 Å². The summed E-state index contributed by atoms with van der Waals surface area (Å²) in [5.74, 6) is 1.65. The molecule has 0 spiro atoms. The van der Waals surface area contributed by atoms with Crippen LogP contribution in [-0.4, -0.2) is 76.0 Å². The summed E-state index contributed by atoms with van der Waals surface area (Å²) in [6.07, 6.45) is 10.2. The van der Waals surface area contributed by atoms with Gasteiger partial charge in [0.15, 0.2) is 5.78 Å². The first-order valence-electron chi connectivity index (χ1n) is 14.8. The Balaban J connectivity index is 1.17. The largest absolute Gasteiger partial charge is 0.368 e. The van der Waals surface area contributed by atoms with E-state index in [1.807, 2.05) is 19.2 Å². The van der Waals surface area contributed by atoms with E-state index in [2.05, 4.69) is 36.5 Å². The van der Waals surface area contributed by atoms with Gasteiger partial charge in [-0.3, -0.25) is 19.1 Å². The maximum atomic E-state index is 13.4. The summed E-state index contributed by atoms with van der Waals surface area (Å²) < 4.78 is 1.74. The van der Waals surface area contributed by atoms with Gasteiger partial charge in [0.1, 0.15) is 11.5 Å². The van der Waals surface area contributed by atoms with Crippen molar-refractivity contribution in [3.8, 4) is 0 Å². The Kier molecular flexibility index (Phi) is 7.80. The highest BCUT2D eigenvalue weighted by Gasteiger charge is 2.26. The fourth-order valence-electron chi connectivity index (χ4n) is 6.69. The molecular weight excluding hydrogens is 504 g/mol. The van der Waals surface area contributed by atoms with Crippen molar-refractivity contribution >= 4 is 34.3 Å². The highest BCUT2D eigenvalue weighted by Crippen LogP contribution is 2.32. The normalized spacial score (nSPS) is 19.4. The lowest BCUT2D eigenvalue weighted by atomic mass is 9.97. The average Bonchev–Trinajstić information content (AvgIpc) is 3.49. The minimum atomic E-state index is -0.243. The van der Waals surface area contributed by atoms with Gasteiger partial charge in [0.25, 0.3) is 5.56 Å². The van der Waals surface area contributed by atoms with Crippen molar-refractivity contribution in [3.05, 3.63) is 46.0 Å². The van der Waals surface area contributed by atoms with Crippen LogP contribution in [-0.2, 0) is 0 Å². The van der Waals surface area contributed by atoms with Gasteiger partial charge < -0.3 is 15.5 Å². The molecule has 1 saturated carbocycles. The molecule has 3 aromatic rings. The van der Waals surface area contributed by atoms with Crippen molar-refractivity contribution in [2.75, 3.05) is 56.0 Å². The van der Waals surface area contributed by atoms with Gasteiger partial charge in [-0.2, -0.15) is 4.98 Å². The zero-order chi connectivity index (χ0) is 27.6. The summed E-state index contributed by atoms with van der Waals surface area (Å²) in [5, 5.41) is 7.43. The molecule has 5 heterocycles. The average molecular weight is 545 g/mol. The molecule has 2 N–H and O–H groups in total. The van der Waals surface area contributed by atoms with Gasteiger partial charge >= 0.3 is 0 Å². The third kappa shape index (κ3) is 5.47. The molecule has 10 nitrogen and oxygen atoms in total. The number of Topliss-reactive ketones (excluding diaryl/α,β-unsaturated/α-hetero) is 1. The van der Waals surface area contributed by atoms with Gasteiger partial charge in [0.05, 0.1) is 17.4 Å². The smallest absolute Gasteiger partial charge is 0.263 e.